The van der Waals surface area contributed by atoms with Crippen LogP contribution in [0.3, 0.4) is 0 Å². The monoisotopic (exact) mass is 212 g/mol. The summed E-state index contributed by atoms with van der Waals surface area (Å²) >= 11 is 5.29. The van der Waals surface area contributed by atoms with Crippen LogP contribution < -0.4 is 5.56 Å². The highest BCUT2D eigenvalue weighted by Gasteiger charge is 2.07. The molecule has 0 bridgehead atoms. The highest BCUT2D eigenvalue weighted by atomic mass is 35.5. The topological polar surface area (TPSA) is 76.0 Å². The van der Waals surface area contributed by atoms with E-state index in [4.69, 9.17) is 11.6 Å². The standard InChI is InChI=1S/C8H5ClN2O3/c9-3-1-2-6-4-7(11(13)14)5-10-8(6)12/h4-5H,3H2,(H,10,12). The van der Waals surface area contributed by atoms with Crippen LogP contribution in [0, 0.1) is 22.0 Å². The molecule has 0 aromatic carbocycles. The third-order valence-corrected chi connectivity index (χ3v) is 1.52. The van der Waals surface area contributed by atoms with E-state index in [0.29, 0.717) is 0 Å². The van der Waals surface area contributed by atoms with E-state index < -0.39 is 10.5 Å². The largest absolute Gasteiger partial charge is 0.322 e. The molecule has 0 amide bonds. The van der Waals surface area contributed by atoms with Gasteiger partial charge in [0.1, 0.15) is 0 Å². The number of pyridine rings is 1. The van der Waals surface area contributed by atoms with Crippen LogP contribution >= 0.6 is 11.6 Å². The van der Waals surface area contributed by atoms with Crippen LogP contribution in [0.5, 0.6) is 0 Å². The molecular formula is C8H5ClN2O3. The smallest absolute Gasteiger partial charge is 0.286 e. The maximum Gasteiger partial charge on any atom is 0.286 e. The van der Waals surface area contributed by atoms with Gasteiger partial charge in [0.25, 0.3) is 11.2 Å². The Morgan fingerprint density at radius 1 is 1.64 bits per heavy atom. The van der Waals surface area contributed by atoms with Crippen molar-refractivity contribution in [3.8, 4) is 11.8 Å². The number of aromatic nitrogens is 1. The number of aromatic amines is 1. The third-order valence-electron chi connectivity index (χ3n) is 1.39. The molecule has 0 spiro atoms. The summed E-state index contributed by atoms with van der Waals surface area (Å²) in [6.45, 7) is 0. The Balaban J connectivity index is 3.22. The van der Waals surface area contributed by atoms with Gasteiger partial charge in [0.15, 0.2) is 0 Å². The summed E-state index contributed by atoms with van der Waals surface area (Å²) in [5.41, 5.74) is -0.628. The zero-order chi connectivity index (χ0) is 10.6. The van der Waals surface area contributed by atoms with Crippen LogP contribution in [0.25, 0.3) is 0 Å². The number of hydrogen-bond donors (Lipinski definition) is 1. The zero-order valence-corrected chi connectivity index (χ0v) is 7.67. The summed E-state index contributed by atoms with van der Waals surface area (Å²) in [7, 11) is 0. The molecular weight excluding hydrogens is 208 g/mol. The van der Waals surface area contributed by atoms with Crippen molar-refractivity contribution >= 4 is 17.3 Å². The summed E-state index contributed by atoms with van der Waals surface area (Å²) in [4.78, 5) is 23.0. The van der Waals surface area contributed by atoms with Crippen LogP contribution in [0.4, 0.5) is 5.69 Å². The number of alkyl halides is 1. The SMILES string of the molecule is O=c1[nH]cc([N+](=O)[O-])cc1C#CCCl. The van der Waals surface area contributed by atoms with Crippen molar-refractivity contribution in [3.05, 3.63) is 38.3 Å². The molecule has 1 rings (SSSR count). The number of nitro groups is 1. The molecule has 0 aliphatic carbocycles. The lowest BCUT2D eigenvalue weighted by Gasteiger charge is -1.90. The van der Waals surface area contributed by atoms with Crippen molar-refractivity contribution in [2.24, 2.45) is 0 Å². The first-order valence-electron chi connectivity index (χ1n) is 3.57. The Kier molecular flexibility index (Phi) is 3.26. The molecule has 1 aromatic heterocycles. The molecule has 6 heteroatoms. The zero-order valence-electron chi connectivity index (χ0n) is 6.91. The summed E-state index contributed by atoms with van der Waals surface area (Å²) < 4.78 is 0. The van der Waals surface area contributed by atoms with Crippen LogP contribution in [-0.4, -0.2) is 15.8 Å². The number of halogens is 1. The summed E-state index contributed by atoms with van der Waals surface area (Å²) in [5.74, 6) is 4.94. The van der Waals surface area contributed by atoms with Crippen LogP contribution in [0.15, 0.2) is 17.1 Å². The van der Waals surface area contributed by atoms with E-state index in [2.05, 4.69) is 16.8 Å². The fourth-order valence-electron chi connectivity index (χ4n) is 0.799. The van der Waals surface area contributed by atoms with Crippen molar-refractivity contribution < 1.29 is 4.92 Å². The molecule has 1 N–H and O–H groups in total. The van der Waals surface area contributed by atoms with Crippen molar-refractivity contribution in [1.29, 1.82) is 0 Å². The number of hydrogen-bond acceptors (Lipinski definition) is 3. The van der Waals surface area contributed by atoms with Gasteiger partial charge in [-0.05, 0) is 0 Å². The quantitative estimate of drug-likeness (QED) is 0.325. The number of H-pyrrole nitrogens is 1. The third kappa shape index (κ3) is 2.34. The van der Waals surface area contributed by atoms with Crippen molar-refractivity contribution in [2.75, 3.05) is 5.88 Å². The van der Waals surface area contributed by atoms with Crippen LogP contribution in [0.2, 0.25) is 0 Å². The first-order valence-corrected chi connectivity index (χ1v) is 4.10. The number of nitrogens with zero attached hydrogens (tertiary/aromatic N) is 1. The number of nitrogens with one attached hydrogen (secondary N) is 1. The molecule has 0 saturated heterocycles. The minimum Gasteiger partial charge on any atom is -0.322 e. The minimum atomic E-state index is -0.609. The Morgan fingerprint density at radius 3 is 2.93 bits per heavy atom. The van der Waals surface area contributed by atoms with E-state index >= 15 is 0 Å². The van der Waals surface area contributed by atoms with E-state index in [1.807, 2.05) is 0 Å². The molecule has 72 valence electrons. The molecule has 0 fully saturated rings. The average Bonchev–Trinajstić information content (AvgIpc) is 2.16. The Labute approximate surface area is 83.9 Å². The second kappa shape index (κ2) is 4.44. The van der Waals surface area contributed by atoms with E-state index in [1.165, 1.54) is 0 Å². The molecule has 1 aromatic rings. The van der Waals surface area contributed by atoms with E-state index in [9.17, 15) is 14.9 Å². The molecule has 0 atom stereocenters. The lowest BCUT2D eigenvalue weighted by atomic mass is 10.2. The normalized spacial score (nSPS) is 8.93. The molecule has 0 unspecified atom stereocenters. The average molecular weight is 213 g/mol. The molecule has 0 aliphatic rings. The fourth-order valence-corrected chi connectivity index (χ4v) is 0.866. The Hall–Kier alpha value is -1.80. The molecule has 0 saturated carbocycles. The highest BCUT2D eigenvalue weighted by molar-refractivity contribution is 6.19. The maximum absolute atomic E-state index is 11.1. The Morgan fingerprint density at radius 2 is 2.36 bits per heavy atom. The van der Waals surface area contributed by atoms with Gasteiger partial charge < -0.3 is 4.98 Å². The number of rotatable bonds is 1. The second-order valence-electron chi connectivity index (χ2n) is 2.29. The molecule has 5 nitrogen and oxygen atoms in total. The fraction of sp³-hybridized carbons (Fsp3) is 0.125. The van der Waals surface area contributed by atoms with Gasteiger partial charge in [-0.2, -0.15) is 0 Å². The first-order chi connectivity index (χ1) is 6.65. The van der Waals surface area contributed by atoms with Gasteiger partial charge in [-0.15, -0.1) is 11.6 Å². The lowest BCUT2D eigenvalue weighted by molar-refractivity contribution is -0.385. The molecule has 1 heterocycles. The van der Waals surface area contributed by atoms with Crippen molar-refractivity contribution in [2.45, 2.75) is 0 Å². The highest BCUT2D eigenvalue weighted by Crippen LogP contribution is 2.06. The lowest BCUT2D eigenvalue weighted by Crippen LogP contribution is -2.09. The van der Waals surface area contributed by atoms with Crippen molar-refractivity contribution in [1.82, 2.24) is 4.98 Å². The van der Waals surface area contributed by atoms with Gasteiger partial charge in [-0.3, -0.25) is 14.9 Å². The Bertz CT molecular complexity index is 469. The molecule has 0 radical (unpaired) electrons. The van der Waals surface area contributed by atoms with Crippen molar-refractivity contribution in [3.63, 3.8) is 0 Å². The van der Waals surface area contributed by atoms with Crippen LogP contribution in [-0.2, 0) is 0 Å². The van der Waals surface area contributed by atoms with Gasteiger partial charge in [-0.1, -0.05) is 11.8 Å². The predicted molar refractivity (Wildman–Crippen MR) is 51.3 cm³/mol. The second-order valence-corrected chi connectivity index (χ2v) is 2.56. The summed E-state index contributed by atoms with van der Waals surface area (Å²) in [6, 6.07) is 1.11. The van der Waals surface area contributed by atoms with Gasteiger partial charge >= 0.3 is 0 Å². The van der Waals surface area contributed by atoms with Crippen LogP contribution in [0.1, 0.15) is 5.56 Å². The molecule has 0 aliphatic heterocycles. The summed E-state index contributed by atoms with van der Waals surface area (Å²) in [6.07, 6.45) is 1.02. The van der Waals surface area contributed by atoms with Gasteiger partial charge in [-0.25, -0.2) is 0 Å². The summed E-state index contributed by atoms with van der Waals surface area (Å²) in [5, 5.41) is 10.3. The minimum absolute atomic E-state index is 0.0415. The van der Waals surface area contributed by atoms with Gasteiger partial charge in [0.05, 0.1) is 22.6 Å². The predicted octanol–water partition coefficient (Wildman–Crippen LogP) is 0.873. The van der Waals surface area contributed by atoms with E-state index in [1.54, 1.807) is 0 Å². The van der Waals surface area contributed by atoms with Gasteiger partial charge in [0.2, 0.25) is 0 Å². The maximum atomic E-state index is 11.1. The first kappa shape index (κ1) is 10.3. The van der Waals surface area contributed by atoms with Gasteiger partial charge in [0, 0.05) is 6.07 Å². The van der Waals surface area contributed by atoms with E-state index in [0.717, 1.165) is 12.3 Å². The molecule has 14 heavy (non-hydrogen) atoms. The van der Waals surface area contributed by atoms with E-state index in [-0.39, 0.29) is 17.1 Å².